The molecule has 9 heavy (non-hydrogen) atoms. The van der Waals surface area contributed by atoms with Crippen LogP contribution in [0, 0.1) is 0 Å². The minimum absolute atomic E-state index is 0.322. The molecular weight excluding hydrogens is 116 g/mol. The number of aromatic nitrogens is 3. The molecule has 0 saturated carbocycles. The maximum Gasteiger partial charge on any atom is 0.239 e. The lowest BCUT2D eigenvalue weighted by Crippen LogP contribution is -1.90. The lowest BCUT2D eigenvalue weighted by atomic mass is 11.0. The third kappa shape index (κ3) is 2.69. The highest BCUT2D eigenvalue weighted by atomic mass is 15.3. The number of nitrogens with zero attached hydrogens (tertiary/aromatic N) is 3. The van der Waals surface area contributed by atoms with Gasteiger partial charge in [0.15, 0.2) is 0 Å². The molecule has 4 heteroatoms. The van der Waals surface area contributed by atoms with E-state index in [1.165, 1.54) is 0 Å². The fourth-order valence-electron chi connectivity index (χ4n) is 0.356. The van der Waals surface area contributed by atoms with Crippen molar-refractivity contribution in [3.8, 4) is 0 Å². The molecule has 4 nitrogen and oxygen atoms in total. The van der Waals surface area contributed by atoms with Gasteiger partial charge in [-0.05, 0) is 0 Å². The monoisotopic (exact) mass is 128 g/mol. The number of hydrogen-bond donors (Lipinski definition) is 1. The molecule has 2 N–H and O–H groups in total. The first-order valence-corrected chi connectivity index (χ1v) is 2.90. The van der Waals surface area contributed by atoms with E-state index >= 15 is 0 Å². The van der Waals surface area contributed by atoms with Gasteiger partial charge in [0.1, 0.15) is 6.33 Å². The van der Waals surface area contributed by atoms with Crippen LogP contribution in [-0.4, -0.2) is 14.8 Å². The van der Waals surface area contributed by atoms with Crippen LogP contribution >= 0.6 is 0 Å². The maximum absolute atomic E-state index is 5.14. The highest BCUT2D eigenvalue weighted by molar-refractivity contribution is 5.08. The summed E-state index contributed by atoms with van der Waals surface area (Å²) in [5.41, 5.74) is 5.14. The fraction of sp³-hybridized carbons (Fsp3) is 0.600. The molecule has 0 spiro atoms. The van der Waals surface area contributed by atoms with E-state index in [-0.39, 0.29) is 0 Å². The standard InChI is InChI=1S/C3H6N4.C2H6/c1-7-2-5-3(4)6-7;1-2/h2H,1H3,(H2,4,6);1-2H3. The van der Waals surface area contributed by atoms with Gasteiger partial charge in [0.25, 0.3) is 0 Å². The molecule has 0 aliphatic rings. The van der Waals surface area contributed by atoms with Crippen molar-refractivity contribution in [3.05, 3.63) is 6.33 Å². The Kier molecular flexibility index (Phi) is 3.43. The van der Waals surface area contributed by atoms with Gasteiger partial charge in [0.05, 0.1) is 0 Å². The van der Waals surface area contributed by atoms with Crippen molar-refractivity contribution < 1.29 is 0 Å². The summed E-state index contributed by atoms with van der Waals surface area (Å²) in [5, 5.41) is 3.69. The Morgan fingerprint density at radius 3 is 2.22 bits per heavy atom. The summed E-state index contributed by atoms with van der Waals surface area (Å²) in [6.45, 7) is 4.00. The quantitative estimate of drug-likeness (QED) is 0.551. The smallest absolute Gasteiger partial charge is 0.239 e. The van der Waals surface area contributed by atoms with Crippen LogP contribution < -0.4 is 5.73 Å². The van der Waals surface area contributed by atoms with Gasteiger partial charge in [-0.2, -0.15) is 0 Å². The third-order valence-corrected chi connectivity index (χ3v) is 0.617. The van der Waals surface area contributed by atoms with Crippen molar-refractivity contribution in [2.75, 3.05) is 5.73 Å². The molecule has 0 unspecified atom stereocenters. The number of hydrogen-bond acceptors (Lipinski definition) is 3. The first kappa shape index (κ1) is 7.94. The first-order chi connectivity index (χ1) is 4.29. The average molecular weight is 128 g/mol. The lowest BCUT2D eigenvalue weighted by Gasteiger charge is -1.76. The van der Waals surface area contributed by atoms with Gasteiger partial charge in [0, 0.05) is 7.05 Å². The largest absolute Gasteiger partial charge is 0.367 e. The Morgan fingerprint density at radius 1 is 1.56 bits per heavy atom. The van der Waals surface area contributed by atoms with Gasteiger partial charge in [-0.1, -0.05) is 13.8 Å². The Hall–Kier alpha value is -1.06. The first-order valence-electron chi connectivity index (χ1n) is 2.90. The van der Waals surface area contributed by atoms with Crippen LogP contribution in [0.15, 0.2) is 6.33 Å². The molecule has 0 bridgehead atoms. The van der Waals surface area contributed by atoms with E-state index in [4.69, 9.17) is 5.73 Å². The molecule has 1 aromatic rings. The maximum atomic E-state index is 5.14. The summed E-state index contributed by atoms with van der Waals surface area (Å²) >= 11 is 0. The normalized spacial score (nSPS) is 7.89. The molecule has 52 valence electrons. The third-order valence-electron chi connectivity index (χ3n) is 0.617. The fourth-order valence-corrected chi connectivity index (χ4v) is 0.356. The van der Waals surface area contributed by atoms with E-state index in [0.717, 1.165) is 0 Å². The van der Waals surface area contributed by atoms with Crippen molar-refractivity contribution >= 4 is 5.95 Å². The minimum atomic E-state index is 0.322. The second kappa shape index (κ2) is 3.88. The second-order valence-electron chi connectivity index (χ2n) is 1.28. The Morgan fingerprint density at radius 2 is 2.11 bits per heavy atom. The zero-order valence-electron chi connectivity index (χ0n) is 6.00. The Labute approximate surface area is 54.7 Å². The number of rotatable bonds is 0. The molecular formula is C5H12N4. The van der Waals surface area contributed by atoms with Crippen LogP contribution in [0.2, 0.25) is 0 Å². The molecule has 0 atom stereocenters. The molecule has 0 aliphatic heterocycles. The van der Waals surface area contributed by atoms with Crippen molar-refractivity contribution in [2.24, 2.45) is 7.05 Å². The van der Waals surface area contributed by atoms with E-state index in [2.05, 4.69) is 10.1 Å². The molecule has 0 aliphatic carbocycles. The molecule has 1 rings (SSSR count). The van der Waals surface area contributed by atoms with Gasteiger partial charge >= 0.3 is 0 Å². The minimum Gasteiger partial charge on any atom is -0.367 e. The summed E-state index contributed by atoms with van der Waals surface area (Å²) < 4.78 is 1.55. The van der Waals surface area contributed by atoms with Gasteiger partial charge in [-0.25, -0.2) is 4.98 Å². The molecule has 0 amide bonds. The SMILES string of the molecule is CC.Cn1cnc(N)n1. The average Bonchev–Trinajstić information content (AvgIpc) is 2.20. The summed E-state index contributed by atoms with van der Waals surface area (Å²) in [4.78, 5) is 3.65. The van der Waals surface area contributed by atoms with Crippen LogP contribution in [-0.2, 0) is 7.05 Å². The number of nitrogens with two attached hydrogens (primary N) is 1. The van der Waals surface area contributed by atoms with Crippen LogP contribution in [0.1, 0.15) is 13.8 Å². The van der Waals surface area contributed by atoms with Crippen molar-refractivity contribution in [2.45, 2.75) is 13.8 Å². The highest BCUT2D eigenvalue weighted by Gasteiger charge is 1.84. The predicted molar refractivity (Wildman–Crippen MR) is 36.8 cm³/mol. The van der Waals surface area contributed by atoms with Crippen molar-refractivity contribution in [3.63, 3.8) is 0 Å². The number of aryl methyl sites for hydroxylation is 1. The highest BCUT2D eigenvalue weighted by Crippen LogP contribution is 1.82. The summed E-state index contributed by atoms with van der Waals surface area (Å²) in [6.07, 6.45) is 1.55. The zero-order chi connectivity index (χ0) is 7.28. The van der Waals surface area contributed by atoms with E-state index in [0.29, 0.717) is 5.95 Å². The van der Waals surface area contributed by atoms with Gasteiger partial charge in [-0.3, -0.25) is 4.68 Å². The molecule has 1 heterocycles. The van der Waals surface area contributed by atoms with Gasteiger partial charge < -0.3 is 5.73 Å². The van der Waals surface area contributed by atoms with Gasteiger partial charge in [0.2, 0.25) is 5.95 Å². The zero-order valence-corrected chi connectivity index (χ0v) is 6.00. The predicted octanol–water partition coefficient (Wildman–Crippen LogP) is 0.423. The van der Waals surface area contributed by atoms with Gasteiger partial charge in [-0.15, -0.1) is 5.10 Å². The van der Waals surface area contributed by atoms with E-state index in [1.807, 2.05) is 13.8 Å². The van der Waals surface area contributed by atoms with E-state index in [9.17, 15) is 0 Å². The lowest BCUT2D eigenvalue weighted by molar-refractivity contribution is 0.769. The van der Waals surface area contributed by atoms with Crippen LogP contribution in [0.4, 0.5) is 5.95 Å². The Balaban J connectivity index is 0.000000291. The summed E-state index contributed by atoms with van der Waals surface area (Å²) in [5.74, 6) is 0.322. The van der Waals surface area contributed by atoms with E-state index < -0.39 is 0 Å². The molecule has 1 aromatic heterocycles. The van der Waals surface area contributed by atoms with Crippen LogP contribution in [0.5, 0.6) is 0 Å². The molecule has 0 aromatic carbocycles. The van der Waals surface area contributed by atoms with Crippen molar-refractivity contribution in [1.82, 2.24) is 14.8 Å². The van der Waals surface area contributed by atoms with Crippen LogP contribution in [0.25, 0.3) is 0 Å². The molecule has 0 saturated heterocycles. The Bertz CT molecular complexity index is 141. The van der Waals surface area contributed by atoms with E-state index in [1.54, 1.807) is 18.1 Å². The summed E-state index contributed by atoms with van der Waals surface area (Å²) in [6, 6.07) is 0. The number of nitrogen functional groups attached to an aromatic ring is 1. The molecule has 0 fully saturated rings. The van der Waals surface area contributed by atoms with Crippen LogP contribution in [0.3, 0.4) is 0 Å². The number of anilines is 1. The topological polar surface area (TPSA) is 56.7 Å². The summed E-state index contributed by atoms with van der Waals surface area (Å²) in [7, 11) is 1.77. The molecule has 0 radical (unpaired) electrons. The second-order valence-corrected chi connectivity index (χ2v) is 1.28. The van der Waals surface area contributed by atoms with Crippen molar-refractivity contribution in [1.29, 1.82) is 0 Å².